The molecule has 124 valence electrons. The van der Waals surface area contributed by atoms with Gasteiger partial charge in [0.15, 0.2) is 5.69 Å². The number of hydrogen-bond donors (Lipinski definition) is 2. The van der Waals surface area contributed by atoms with E-state index in [1.165, 1.54) is 0 Å². The summed E-state index contributed by atoms with van der Waals surface area (Å²) in [4.78, 5) is 12.0. The molecule has 7 heteroatoms. The smallest absolute Gasteiger partial charge is 0.273 e. The molecule has 0 bridgehead atoms. The first-order valence-electron chi connectivity index (χ1n) is 7.76. The normalized spacial score (nSPS) is 12.0. The van der Waals surface area contributed by atoms with Crippen LogP contribution in [0.5, 0.6) is 5.75 Å². The Morgan fingerprint density at radius 3 is 2.78 bits per heavy atom. The number of amides is 1. The number of nitrogens with zero attached hydrogens (tertiary/aromatic N) is 3. The zero-order chi connectivity index (χ0) is 16.7. The Labute approximate surface area is 135 Å². The first-order chi connectivity index (χ1) is 11.1. The Hall–Kier alpha value is -2.41. The van der Waals surface area contributed by atoms with E-state index in [0.29, 0.717) is 19.6 Å². The summed E-state index contributed by atoms with van der Waals surface area (Å²) >= 11 is 0. The number of carbonyl (C=O) groups is 1. The Kier molecular flexibility index (Phi) is 6.10. The highest BCUT2D eigenvalue weighted by atomic mass is 16.5. The Morgan fingerprint density at radius 2 is 2.13 bits per heavy atom. The highest BCUT2D eigenvalue weighted by molar-refractivity contribution is 5.91. The molecule has 0 spiro atoms. The maximum absolute atomic E-state index is 12.0. The molecule has 7 nitrogen and oxygen atoms in total. The number of rotatable bonds is 8. The monoisotopic (exact) mass is 317 g/mol. The summed E-state index contributed by atoms with van der Waals surface area (Å²) in [5, 5.41) is 10.5. The van der Waals surface area contributed by atoms with Crippen molar-refractivity contribution in [3.63, 3.8) is 0 Å². The van der Waals surface area contributed by atoms with Gasteiger partial charge in [-0.2, -0.15) is 0 Å². The van der Waals surface area contributed by atoms with Gasteiger partial charge < -0.3 is 15.8 Å². The third-order valence-corrected chi connectivity index (χ3v) is 3.42. The number of benzene rings is 1. The van der Waals surface area contributed by atoms with Crippen molar-refractivity contribution >= 4 is 5.91 Å². The first kappa shape index (κ1) is 17.0. The molecule has 1 aromatic heterocycles. The Bertz CT molecular complexity index is 624. The van der Waals surface area contributed by atoms with Crippen molar-refractivity contribution in [1.82, 2.24) is 20.3 Å². The molecule has 2 rings (SSSR count). The fourth-order valence-corrected chi connectivity index (χ4v) is 1.92. The van der Waals surface area contributed by atoms with Crippen LogP contribution in [0.1, 0.15) is 36.3 Å². The van der Waals surface area contributed by atoms with Gasteiger partial charge in [0.25, 0.3) is 5.91 Å². The van der Waals surface area contributed by atoms with Gasteiger partial charge in [-0.15, -0.1) is 5.10 Å². The minimum Gasteiger partial charge on any atom is -0.491 e. The van der Waals surface area contributed by atoms with Crippen LogP contribution in [0, 0.1) is 0 Å². The van der Waals surface area contributed by atoms with Crippen LogP contribution in [-0.4, -0.2) is 33.5 Å². The molecule has 0 saturated heterocycles. The molecule has 1 heterocycles. The SMILES string of the molecule is CC[C@H](C)Oc1ccc(CNC(=O)c2cn(CCN)nn2)cc1. The van der Waals surface area contributed by atoms with Gasteiger partial charge in [0.2, 0.25) is 0 Å². The maximum atomic E-state index is 12.0. The average molecular weight is 317 g/mol. The lowest BCUT2D eigenvalue weighted by Gasteiger charge is -2.12. The summed E-state index contributed by atoms with van der Waals surface area (Å²) in [5.41, 5.74) is 6.71. The summed E-state index contributed by atoms with van der Waals surface area (Å²) in [6.45, 7) is 5.53. The second-order valence-corrected chi connectivity index (χ2v) is 5.32. The molecule has 0 radical (unpaired) electrons. The van der Waals surface area contributed by atoms with E-state index in [0.717, 1.165) is 17.7 Å². The minimum atomic E-state index is -0.256. The molecular formula is C16H23N5O2. The van der Waals surface area contributed by atoms with Crippen molar-refractivity contribution in [1.29, 1.82) is 0 Å². The molecule has 0 unspecified atom stereocenters. The zero-order valence-electron chi connectivity index (χ0n) is 13.5. The topological polar surface area (TPSA) is 95.1 Å². The minimum absolute atomic E-state index is 0.191. The third-order valence-electron chi connectivity index (χ3n) is 3.42. The van der Waals surface area contributed by atoms with Gasteiger partial charge >= 0.3 is 0 Å². The van der Waals surface area contributed by atoms with E-state index in [1.807, 2.05) is 31.2 Å². The van der Waals surface area contributed by atoms with E-state index >= 15 is 0 Å². The predicted octanol–water partition coefficient (Wildman–Crippen LogP) is 1.34. The van der Waals surface area contributed by atoms with Crippen LogP contribution >= 0.6 is 0 Å². The Morgan fingerprint density at radius 1 is 1.39 bits per heavy atom. The quantitative estimate of drug-likeness (QED) is 0.766. The molecule has 1 amide bonds. The molecule has 0 aliphatic heterocycles. The van der Waals surface area contributed by atoms with Crippen molar-refractivity contribution in [3.8, 4) is 5.75 Å². The molecule has 1 atom stereocenters. The number of carbonyl (C=O) groups excluding carboxylic acids is 1. The van der Waals surface area contributed by atoms with Crippen molar-refractivity contribution in [3.05, 3.63) is 41.7 Å². The van der Waals surface area contributed by atoms with Gasteiger partial charge in [0.1, 0.15) is 5.75 Å². The number of hydrogen-bond acceptors (Lipinski definition) is 5. The van der Waals surface area contributed by atoms with E-state index in [1.54, 1.807) is 10.9 Å². The van der Waals surface area contributed by atoms with E-state index in [2.05, 4.69) is 22.6 Å². The van der Waals surface area contributed by atoms with Crippen LogP contribution in [0.25, 0.3) is 0 Å². The second kappa shape index (κ2) is 8.28. The van der Waals surface area contributed by atoms with Crippen molar-refractivity contribution in [2.24, 2.45) is 5.73 Å². The maximum Gasteiger partial charge on any atom is 0.273 e. The van der Waals surface area contributed by atoms with Crippen LogP contribution < -0.4 is 15.8 Å². The molecular weight excluding hydrogens is 294 g/mol. The first-order valence-corrected chi connectivity index (χ1v) is 7.76. The molecule has 1 aromatic carbocycles. The molecule has 0 fully saturated rings. The summed E-state index contributed by atoms with van der Waals surface area (Å²) in [7, 11) is 0. The van der Waals surface area contributed by atoms with Crippen molar-refractivity contribution in [2.75, 3.05) is 6.54 Å². The van der Waals surface area contributed by atoms with Gasteiger partial charge in [-0.05, 0) is 31.0 Å². The van der Waals surface area contributed by atoms with Crippen LogP contribution in [-0.2, 0) is 13.1 Å². The van der Waals surface area contributed by atoms with E-state index in [4.69, 9.17) is 10.5 Å². The van der Waals surface area contributed by atoms with Gasteiger partial charge in [-0.3, -0.25) is 9.48 Å². The van der Waals surface area contributed by atoms with E-state index in [-0.39, 0.29) is 17.7 Å². The van der Waals surface area contributed by atoms with Crippen molar-refractivity contribution in [2.45, 2.75) is 39.5 Å². The van der Waals surface area contributed by atoms with Crippen LogP contribution in [0.15, 0.2) is 30.5 Å². The molecule has 0 aliphatic carbocycles. The van der Waals surface area contributed by atoms with Gasteiger partial charge in [-0.1, -0.05) is 24.3 Å². The molecule has 0 aliphatic rings. The van der Waals surface area contributed by atoms with Crippen LogP contribution in [0.3, 0.4) is 0 Å². The Balaban J connectivity index is 1.86. The zero-order valence-corrected chi connectivity index (χ0v) is 13.5. The highest BCUT2D eigenvalue weighted by Gasteiger charge is 2.10. The predicted molar refractivity (Wildman–Crippen MR) is 87.1 cm³/mol. The summed E-state index contributed by atoms with van der Waals surface area (Å²) in [6, 6.07) is 7.68. The summed E-state index contributed by atoms with van der Waals surface area (Å²) < 4.78 is 7.27. The lowest BCUT2D eigenvalue weighted by molar-refractivity contribution is 0.0946. The average Bonchev–Trinajstić information content (AvgIpc) is 3.03. The standard InChI is InChI=1S/C16H23N5O2/c1-3-12(2)23-14-6-4-13(5-7-14)10-18-16(22)15-11-21(9-8-17)20-19-15/h4-7,11-12H,3,8-10,17H2,1-2H3,(H,18,22)/t12-/m0/s1. The molecule has 2 aromatic rings. The summed E-state index contributed by atoms with van der Waals surface area (Å²) in [5.74, 6) is 0.576. The van der Waals surface area contributed by atoms with Crippen molar-refractivity contribution < 1.29 is 9.53 Å². The molecule has 0 saturated carbocycles. The summed E-state index contributed by atoms with van der Waals surface area (Å²) in [6.07, 6.45) is 2.74. The number of aromatic nitrogens is 3. The number of nitrogens with two attached hydrogens (primary N) is 1. The van der Waals surface area contributed by atoms with Gasteiger partial charge in [0.05, 0.1) is 18.8 Å². The van der Waals surface area contributed by atoms with Crippen LogP contribution in [0.4, 0.5) is 0 Å². The van der Waals surface area contributed by atoms with E-state index in [9.17, 15) is 4.79 Å². The van der Waals surface area contributed by atoms with Crippen LogP contribution in [0.2, 0.25) is 0 Å². The van der Waals surface area contributed by atoms with E-state index < -0.39 is 0 Å². The second-order valence-electron chi connectivity index (χ2n) is 5.32. The lowest BCUT2D eigenvalue weighted by Crippen LogP contribution is -2.23. The number of nitrogens with one attached hydrogen (secondary N) is 1. The molecule has 3 N–H and O–H groups in total. The largest absolute Gasteiger partial charge is 0.491 e. The van der Waals surface area contributed by atoms with Gasteiger partial charge in [-0.25, -0.2) is 0 Å². The van der Waals surface area contributed by atoms with Gasteiger partial charge in [0, 0.05) is 13.1 Å². The third kappa shape index (κ3) is 5.07. The number of ether oxygens (including phenoxy) is 1. The lowest BCUT2D eigenvalue weighted by atomic mass is 10.2. The fourth-order valence-electron chi connectivity index (χ4n) is 1.92. The highest BCUT2D eigenvalue weighted by Crippen LogP contribution is 2.14. The fraction of sp³-hybridized carbons (Fsp3) is 0.438. The molecule has 23 heavy (non-hydrogen) atoms.